The molecule has 0 aliphatic carbocycles. The highest BCUT2D eigenvalue weighted by Crippen LogP contribution is 2.32. The fourth-order valence-corrected chi connectivity index (χ4v) is 5.21. The van der Waals surface area contributed by atoms with Crippen molar-refractivity contribution in [1.82, 2.24) is 9.47 Å². The molecule has 3 aromatic carbocycles. The van der Waals surface area contributed by atoms with Crippen molar-refractivity contribution < 1.29 is 13.9 Å². The molecule has 0 amide bonds. The fourth-order valence-electron chi connectivity index (χ4n) is 5.21. The van der Waals surface area contributed by atoms with Crippen LogP contribution in [0.3, 0.4) is 0 Å². The molecule has 1 fully saturated rings. The average Bonchev–Trinajstić information content (AvgIpc) is 3.32. The zero-order valence-corrected chi connectivity index (χ0v) is 24.4. The Hall–Kier alpha value is -4.10. The number of rotatable bonds is 9. The van der Waals surface area contributed by atoms with Crippen LogP contribution in [0.15, 0.2) is 94.2 Å². The molecule has 1 atom stereocenters. The van der Waals surface area contributed by atoms with Gasteiger partial charge in [0, 0.05) is 39.1 Å². The minimum Gasteiger partial charge on any atom is -0.440 e. The first-order valence-electron chi connectivity index (χ1n) is 14.3. The third-order valence-corrected chi connectivity index (χ3v) is 8.23. The highest BCUT2D eigenvalue weighted by atomic mass is 16.6. The highest BCUT2D eigenvalue weighted by molar-refractivity contribution is 5.87. The Morgan fingerprint density at radius 3 is 2.34 bits per heavy atom. The summed E-state index contributed by atoms with van der Waals surface area (Å²) >= 11 is 0. The summed E-state index contributed by atoms with van der Waals surface area (Å²) in [5.41, 5.74) is 5.62. The first-order chi connectivity index (χ1) is 19.7. The Labute approximate surface area is 241 Å². The van der Waals surface area contributed by atoms with E-state index in [4.69, 9.17) is 9.15 Å². The predicted molar refractivity (Wildman–Crippen MR) is 164 cm³/mol. The van der Waals surface area contributed by atoms with E-state index in [0.717, 1.165) is 38.4 Å². The van der Waals surface area contributed by atoms with Gasteiger partial charge in [-0.05, 0) is 55.7 Å². The van der Waals surface area contributed by atoms with Gasteiger partial charge >= 0.3 is 11.7 Å². The van der Waals surface area contributed by atoms with Gasteiger partial charge < -0.3 is 14.1 Å². The second-order valence-corrected chi connectivity index (χ2v) is 11.4. The average molecular weight is 554 g/mol. The third-order valence-electron chi connectivity index (χ3n) is 8.23. The molecule has 0 bridgehead atoms. The zero-order chi connectivity index (χ0) is 29.1. The number of ether oxygens (including phenoxy) is 1. The molecular weight excluding hydrogens is 514 g/mol. The van der Waals surface area contributed by atoms with Crippen molar-refractivity contribution in [2.45, 2.75) is 46.9 Å². The van der Waals surface area contributed by atoms with E-state index in [1.165, 1.54) is 21.3 Å². The molecule has 0 N–H and O–H groups in total. The van der Waals surface area contributed by atoms with Gasteiger partial charge in [0.25, 0.3) is 0 Å². The first-order valence-corrected chi connectivity index (χ1v) is 14.3. The Morgan fingerprint density at radius 1 is 0.976 bits per heavy atom. The van der Waals surface area contributed by atoms with E-state index >= 15 is 0 Å². The molecule has 4 aromatic rings. The summed E-state index contributed by atoms with van der Waals surface area (Å²) in [6.45, 7) is 15.4. The van der Waals surface area contributed by atoms with Gasteiger partial charge in [-0.2, -0.15) is 0 Å². The minimum atomic E-state index is -0.857. The lowest BCUT2D eigenvalue weighted by molar-refractivity contribution is -0.162. The van der Waals surface area contributed by atoms with Crippen molar-refractivity contribution in [3.63, 3.8) is 0 Å². The summed E-state index contributed by atoms with van der Waals surface area (Å²) < 4.78 is 13.1. The van der Waals surface area contributed by atoms with Gasteiger partial charge in [-0.15, -0.1) is 0 Å². The van der Waals surface area contributed by atoms with Crippen molar-refractivity contribution in [3.05, 3.63) is 101 Å². The largest absolute Gasteiger partial charge is 0.440 e. The van der Waals surface area contributed by atoms with E-state index in [2.05, 4.69) is 64.9 Å². The van der Waals surface area contributed by atoms with Crippen LogP contribution in [0.5, 0.6) is 0 Å². The zero-order valence-electron chi connectivity index (χ0n) is 24.4. The molecule has 1 aliphatic heterocycles. The van der Waals surface area contributed by atoms with Crippen molar-refractivity contribution in [1.29, 1.82) is 0 Å². The Morgan fingerprint density at radius 2 is 1.66 bits per heavy atom. The summed E-state index contributed by atoms with van der Waals surface area (Å²) in [4.78, 5) is 30.8. The van der Waals surface area contributed by atoms with Gasteiger partial charge in [-0.3, -0.25) is 9.69 Å². The standard InChI is InChI=1S/C34H39N3O4/c1-6-30(40-32(38)34(4,5)24(2)3)37-29-17-11-16-28(31(29)41-33(37)39)36-20-18-35(19-21-36)23-25-12-10-15-27(22-25)26-13-8-7-9-14-26/h7-17,22,30H,2,6,18-21,23H2,1,3-5H3. The topological polar surface area (TPSA) is 67.9 Å². The van der Waals surface area contributed by atoms with E-state index in [0.29, 0.717) is 23.1 Å². The van der Waals surface area contributed by atoms with Crippen LogP contribution in [-0.4, -0.2) is 41.6 Å². The number of carbonyl (C=O) groups excluding carboxylic acids is 1. The molecule has 1 saturated heterocycles. The SMILES string of the molecule is C=C(C)C(C)(C)C(=O)OC(CC)n1c(=O)oc2c(N3CCN(Cc4cccc(-c5ccccc5)c4)CC3)cccc21. The second-order valence-electron chi connectivity index (χ2n) is 11.4. The molecule has 214 valence electrons. The van der Waals surface area contributed by atoms with Crippen molar-refractivity contribution in [2.24, 2.45) is 5.41 Å². The summed E-state index contributed by atoms with van der Waals surface area (Å²) in [6.07, 6.45) is -0.338. The molecule has 1 aliphatic rings. The number of para-hydroxylation sites is 1. The van der Waals surface area contributed by atoms with Gasteiger partial charge in [0.1, 0.15) is 0 Å². The predicted octanol–water partition coefficient (Wildman–Crippen LogP) is 6.64. The van der Waals surface area contributed by atoms with Crippen molar-refractivity contribution >= 4 is 22.8 Å². The van der Waals surface area contributed by atoms with Crippen LogP contribution in [0.2, 0.25) is 0 Å². The smallest absolute Gasteiger partial charge is 0.423 e. The van der Waals surface area contributed by atoms with Crippen LogP contribution in [0.25, 0.3) is 22.2 Å². The molecule has 0 radical (unpaired) electrons. The van der Waals surface area contributed by atoms with Crippen LogP contribution >= 0.6 is 0 Å². The fraction of sp³-hybridized carbons (Fsp3) is 0.353. The lowest BCUT2D eigenvalue weighted by Gasteiger charge is -2.36. The number of hydrogen-bond donors (Lipinski definition) is 0. The number of carbonyl (C=O) groups is 1. The van der Waals surface area contributed by atoms with Gasteiger partial charge in [0.15, 0.2) is 11.8 Å². The Balaban J connectivity index is 1.30. The van der Waals surface area contributed by atoms with Gasteiger partial charge in [0.2, 0.25) is 0 Å². The number of oxazole rings is 1. The maximum atomic E-state index is 13.1. The lowest BCUT2D eigenvalue weighted by atomic mass is 9.86. The van der Waals surface area contributed by atoms with E-state index in [1.54, 1.807) is 20.8 Å². The van der Waals surface area contributed by atoms with Crippen LogP contribution in [0, 0.1) is 5.41 Å². The second kappa shape index (κ2) is 11.8. The first kappa shape index (κ1) is 28.4. The van der Waals surface area contributed by atoms with Crippen molar-refractivity contribution in [2.75, 3.05) is 31.1 Å². The van der Waals surface area contributed by atoms with Crippen LogP contribution in [0.4, 0.5) is 5.69 Å². The molecule has 2 heterocycles. The van der Waals surface area contributed by atoms with Gasteiger partial charge in [0.05, 0.1) is 16.6 Å². The number of aromatic nitrogens is 1. The van der Waals surface area contributed by atoms with E-state index < -0.39 is 23.4 Å². The number of esters is 1. The number of hydrogen-bond acceptors (Lipinski definition) is 6. The molecular formula is C34H39N3O4. The maximum absolute atomic E-state index is 13.1. The normalized spacial score (nSPS) is 15.2. The minimum absolute atomic E-state index is 0.417. The summed E-state index contributed by atoms with van der Waals surface area (Å²) in [7, 11) is 0. The number of piperazine rings is 1. The molecule has 0 spiro atoms. The lowest BCUT2D eigenvalue weighted by Crippen LogP contribution is -2.46. The summed E-state index contributed by atoms with van der Waals surface area (Å²) in [5.74, 6) is -0.947. The monoisotopic (exact) mass is 553 g/mol. The van der Waals surface area contributed by atoms with E-state index in [9.17, 15) is 9.59 Å². The Kier molecular flexibility index (Phi) is 8.18. The van der Waals surface area contributed by atoms with Crippen LogP contribution < -0.4 is 10.7 Å². The maximum Gasteiger partial charge on any atom is 0.423 e. The van der Waals surface area contributed by atoms with E-state index in [1.807, 2.05) is 31.2 Å². The molecule has 7 heteroatoms. The summed E-state index contributed by atoms with van der Waals surface area (Å²) in [6, 6.07) is 25.0. The number of nitrogens with zero attached hydrogens (tertiary/aromatic N) is 3. The highest BCUT2D eigenvalue weighted by Gasteiger charge is 2.33. The molecule has 0 saturated carbocycles. The molecule has 7 nitrogen and oxygen atoms in total. The van der Waals surface area contributed by atoms with Crippen LogP contribution in [-0.2, 0) is 16.1 Å². The Bertz CT molecular complexity index is 1590. The third kappa shape index (κ3) is 5.86. The molecule has 1 unspecified atom stereocenters. The molecule has 1 aromatic heterocycles. The quantitative estimate of drug-likeness (QED) is 0.171. The van der Waals surface area contributed by atoms with Gasteiger partial charge in [-0.25, -0.2) is 9.36 Å². The van der Waals surface area contributed by atoms with Crippen LogP contribution in [0.1, 0.15) is 45.9 Å². The molecule has 5 rings (SSSR count). The molecule has 41 heavy (non-hydrogen) atoms. The van der Waals surface area contributed by atoms with E-state index in [-0.39, 0.29) is 0 Å². The number of fused-ring (bicyclic) bond motifs is 1. The summed E-state index contributed by atoms with van der Waals surface area (Å²) in [5, 5.41) is 0. The number of benzene rings is 3. The number of anilines is 1. The van der Waals surface area contributed by atoms with Crippen molar-refractivity contribution in [3.8, 4) is 11.1 Å². The van der Waals surface area contributed by atoms with Gasteiger partial charge in [-0.1, -0.05) is 73.7 Å².